The fourth-order valence-electron chi connectivity index (χ4n) is 1.41. The average Bonchev–Trinajstić information content (AvgIpc) is 3.04. The van der Waals surface area contributed by atoms with E-state index in [2.05, 4.69) is 20.4 Å². The Labute approximate surface area is 95.7 Å². The summed E-state index contributed by atoms with van der Waals surface area (Å²) < 4.78 is 10.3. The van der Waals surface area contributed by atoms with Gasteiger partial charge in [-0.15, -0.1) is 10.2 Å². The molecule has 0 atom stereocenters. The van der Waals surface area contributed by atoms with Gasteiger partial charge in [0.05, 0.1) is 5.69 Å². The van der Waals surface area contributed by atoms with Crippen LogP contribution >= 0.6 is 0 Å². The van der Waals surface area contributed by atoms with Crippen molar-refractivity contribution >= 4 is 17.7 Å². The SMILES string of the molecule is c1ccc(N(c2nnco2)c2nnco2)cc1. The van der Waals surface area contributed by atoms with E-state index in [9.17, 15) is 0 Å². The number of aromatic nitrogens is 4. The van der Waals surface area contributed by atoms with E-state index in [4.69, 9.17) is 8.83 Å². The van der Waals surface area contributed by atoms with Crippen LogP contribution in [0.25, 0.3) is 0 Å². The molecule has 0 saturated carbocycles. The Kier molecular flexibility index (Phi) is 2.27. The van der Waals surface area contributed by atoms with Gasteiger partial charge in [-0.25, -0.2) is 4.90 Å². The molecular weight excluding hydrogens is 222 g/mol. The summed E-state index contributed by atoms with van der Waals surface area (Å²) in [5, 5.41) is 14.9. The van der Waals surface area contributed by atoms with Crippen LogP contribution in [0.3, 0.4) is 0 Å². The van der Waals surface area contributed by atoms with E-state index < -0.39 is 0 Å². The van der Waals surface area contributed by atoms with E-state index >= 15 is 0 Å². The van der Waals surface area contributed by atoms with E-state index in [1.165, 1.54) is 12.8 Å². The summed E-state index contributed by atoms with van der Waals surface area (Å²) in [5.74, 6) is 0. The molecule has 0 aliphatic rings. The standard InChI is InChI=1S/C10H7N5O2/c1-2-4-8(5-3-1)15(9-13-11-6-16-9)10-14-12-7-17-10/h1-7H. The highest BCUT2D eigenvalue weighted by molar-refractivity contribution is 5.64. The van der Waals surface area contributed by atoms with Gasteiger partial charge < -0.3 is 8.83 Å². The summed E-state index contributed by atoms with van der Waals surface area (Å²) in [5.41, 5.74) is 0.793. The number of nitrogens with zero attached hydrogens (tertiary/aromatic N) is 5. The van der Waals surface area contributed by atoms with E-state index in [-0.39, 0.29) is 12.0 Å². The van der Waals surface area contributed by atoms with Crippen LogP contribution in [0.5, 0.6) is 0 Å². The van der Waals surface area contributed by atoms with Crippen LogP contribution in [0.2, 0.25) is 0 Å². The van der Waals surface area contributed by atoms with Gasteiger partial charge in [0.15, 0.2) is 0 Å². The van der Waals surface area contributed by atoms with Crippen molar-refractivity contribution < 1.29 is 8.83 Å². The lowest BCUT2D eigenvalue weighted by Crippen LogP contribution is -2.10. The van der Waals surface area contributed by atoms with Gasteiger partial charge in [-0.3, -0.25) is 0 Å². The lowest BCUT2D eigenvalue weighted by atomic mass is 10.3. The highest BCUT2D eigenvalue weighted by Gasteiger charge is 2.20. The van der Waals surface area contributed by atoms with Gasteiger partial charge in [0.2, 0.25) is 12.8 Å². The first kappa shape index (κ1) is 9.52. The molecule has 3 aromatic rings. The van der Waals surface area contributed by atoms with E-state index in [1.807, 2.05) is 30.3 Å². The zero-order chi connectivity index (χ0) is 11.5. The molecule has 0 fully saturated rings. The third kappa shape index (κ3) is 1.73. The van der Waals surface area contributed by atoms with Crippen molar-refractivity contribution in [3.05, 3.63) is 43.1 Å². The first-order chi connectivity index (χ1) is 8.45. The number of hydrogen-bond acceptors (Lipinski definition) is 7. The molecule has 0 bridgehead atoms. The van der Waals surface area contributed by atoms with Crippen LogP contribution in [0.4, 0.5) is 17.7 Å². The predicted octanol–water partition coefficient (Wildman–Crippen LogP) is 1.92. The van der Waals surface area contributed by atoms with Crippen molar-refractivity contribution in [1.29, 1.82) is 0 Å². The molecule has 7 heteroatoms. The van der Waals surface area contributed by atoms with Crippen LogP contribution in [0.1, 0.15) is 0 Å². The Balaban J connectivity index is 2.10. The van der Waals surface area contributed by atoms with Crippen LogP contribution in [0, 0.1) is 0 Å². The maximum atomic E-state index is 5.15. The van der Waals surface area contributed by atoms with Crippen LogP contribution < -0.4 is 4.90 Å². The smallest absolute Gasteiger partial charge is 0.331 e. The molecule has 3 rings (SSSR count). The normalized spacial score (nSPS) is 10.4. The molecule has 0 saturated heterocycles. The fraction of sp³-hybridized carbons (Fsp3) is 0. The minimum absolute atomic E-state index is 0.264. The lowest BCUT2D eigenvalue weighted by molar-refractivity contribution is 0.525. The molecule has 2 aromatic heterocycles. The highest BCUT2D eigenvalue weighted by Crippen LogP contribution is 2.30. The molecule has 0 aliphatic carbocycles. The quantitative estimate of drug-likeness (QED) is 0.678. The summed E-state index contributed by atoms with van der Waals surface area (Å²) in [6.45, 7) is 0. The van der Waals surface area contributed by atoms with Crippen molar-refractivity contribution in [2.75, 3.05) is 4.90 Å². The van der Waals surface area contributed by atoms with Crippen molar-refractivity contribution in [3.63, 3.8) is 0 Å². The van der Waals surface area contributed by atoms with Gasteiger partial charge >= 0.3 is 12.0 Å². The second kappa shape index (κ2) is 4.05. The van der Waals surface area contributed by atoms with Gasteiger partial charge in [0, 0.05) is 0 Å². The second-order valence-electron chi connectivity index (χ2n) is 3.11. The topological polar surface area (TPSA) is 81.1 Å². The van der Waals surface area contributed by atoms with E-state index in [0.717, 1.165) is 5.69 Å². The first-order valence-electron chi connectivity index (χ1n) is 4.82. The Morgan fingerprint density at radius 3 is 1.88 bits per heavy atom. The molecule has 0 spiro atoms. The molecule has 0 radical (unpaired) electrons. The Hall–Kier alpha value is -2.70. The van der Waals surface area contributed by atoms with Gasteiger partial charge in [-0.05, 0) is 12.1 Å². The van der Waals surface area contributed by atoms with Crippen molar-refractivity contribution in [2.45, 2.75) is 0 Å². The molecule has 0 aliphatic heterocycles. The van der Waals surface area contributed by atoms with Crippen molar-refractivity contribution in [2.24, 2.45) is 0 Å². The second-order valence-corrected chi connectivity index (χ2v) is 3.11. The van der Waals surface area contributed by atoms with Gasteiger partial charge in [0.25, 0.3) is 0 Å². The third-order valence-electron chi connectivity index (χ3n) is 2.09. The molecule has 84 valence electrons. The molecular formula is C10H7N5O2. The summed E-state index contributed by atoms with van der Waals surface area (Å²) in [7, 11) is 0. The largest absolute Gasteiger partial charge is 0.410 e. The molecule has 17 heavy (non-hydrogen) atoms. The number of para-hydroxylation sites is 1. The number of hydrogen-bond donors (Lipinski definition) is 0. The maximum Gasteiger partial charge on any atom is 0.331 e. The summed E-state index contributed by atoms with van der Waals surface area (Å²) in [4.78, 5) is 1.57. The molecule has 2 heterocycles. The van der Waals surface area contributed by atoms with Crippen molar-refractivity contribution in [1.82, 2.24) is 20.4 Å². The van der Waals surface area contributed by atoms with Crippen LogP contribution in [-0.4, -0.2) is 20.4 Å². The maximum absolute atomic E-state index is 5.15. The first-order valence-corrected chi connectivity index (χ1v) is 4.82. The minimum atomic E-state index is 0.264. The highest BCUT2D eigenvalue weighted by atomic mass is 16.4. The minimum Gasteiger partial charge on any atom is -0.410 e. The molecule has 0 amide bonds. The van der Waals surface area contributed by atoms with E-state index in [1.54, 1.807) is 4.90 Å². The lowest BCUT2D eigenvalue weighted by Gasteiger charge is -2.14. The zero-order valence-corrected chi connectivity index (χ0v) is 8.59. The average molecular weight is 229 g/mol. The zero-order valence-electron chi connectivity index (χ0n) is 8.59. The Bertz CT molecular complexity index is 530. The third-order valence-corrected chi connectivity index (χ3v) is 2.09. The number of rotatable bonds is 3. The van der Waals surface area contributed by atoms with Crippen molar-refractivity contribution in [3.8, 4) is 0 Å². The van der Waals surface area contributed by atoms with Crippen LogP contribution in [-0.2, 0) is 0 Å². The van der Waals surface area contributed by atoms with Gasteiger partial charge in [0.1, 0.15) is 0 Å². The predicted molar refractivity (Wildman–Crippen MR) is 56.8 cm³/mol. The summed E-state index contributed by atoms with van der Waals surface area (Å²) >= 11 is 0. The number of anilines is 3. The monoisotopic (exact) mass is 229 g/mol. The molecule has 0 unspecified atom stereocenters. The molecule has 7 nitrogen and oxygen atoms in total. The van der Waals surface area contributed by atoms with Gasteiger partial charge in [-0.2, -0.15) is 0 Å². The number of benzene rings is 1. The summed E-state index contributed by atoms with van der Waals surface area (Å²) in [6.07, 6.45) is 2.48. The Morgan fingerprint density at radius 2 is 1.41 bits per heavy atom. The molecule has 0 N–H and O–H groups in total. The fourth-order valence-corrected chi connectivity index (χ4v) is 1.41. The Morgan fingerprint density at radius 1 is 0.824 bits per heavy atom. The van der Waals surface area contributed by atoms with Crippen LogP contribution in [0.15, 0.2) is 52.0 Å². The van der Waals surface area contributed by atoms with E-state index in [0.29, 0.717) is 0 Å². The molecule has 1 aromatic carbocycles. The summed E-state index contributed by atoms with van der Waals surface area (Å²) in [6, 6.07) is 9.94. The van der Waals surface area contributed by atoms with Gasteiger partial charge in [-0.1, -0.05) is 28.4 Å².